The Morgan fingerprint density at radius 1 is 1.30 bits per heavy atom. The summed E-state index contributed by atoms with van der Waals surface area (Å²) in [6.07, 6.45) is 0.155. The molecular formula is C15H19N3O5. The van der Waals surface area contributed by atoms with Crippen molar-refractivity contribution < 1.29 is 23.8 Å². The van der Waals surface area contributed by atoms with E-state index in [4.69, 9.17) is 19.9 Å². The summed E-state index contributed by atoms with van der Waals surface area (Å²) < 4.78 is 15.5. The highest BCUT2D eigenvalue weighted by molar-refractivity contribution is 5.87. The van der Waals surface area contributed by atoms with E-state index >= 15 is 0 Å². The van der Waals surface area contributed by atoms with Crippen LogP contribution in [0.5, 0.6) is 11.5 Å². The number of benzene rings is 1. The van der Waals surface area contributed by atoms with Gasteiger partial charge in [0.2, 0.25) is 12.7 Å². The lowest BCUT2D eigenvalue weighted by Gasteiger charge is -2.20. The Labute approximate surface area is 133 Å². The minimum Gasteiger partial charge on any atom is -0.454 e. The van der Waals surface area contributed by atoms with E-state index in [1.54, 1.807) is 6.07 Å². The molecule has 3 N–H and O–H groups in total. The number of nitrogens with zero attached hydrogens (tertiary/aromatic N) is 1. The Balaban J connectivity index is 1.57. The average Bonchev–Trinajstić information content (AvgIpc) is 3.16. The summed E-state index contributed by atoms with van der Waals surface area (Å²) >= 11 is 0. The quantitative estimate of drug-likeness (QED) is 0.776. The second kappa shape index (κ2) is 6.74. The summed E-state index contributed by atoms with van der Waals surface area (Å²) in [7, 11) is 0. The van der Waals surface area contributed by atoms with Crippen LogP contribution in [0.25, 0.3) is 0 Å². The maximum absolute atomic E-state index is 12.3. The molecule has 0 aromatic heterocycles. The zero-order chi connectivity index (χ0) is 16.2. The molecule has 8 nitrogen and oxygen atoms in total. The van der Waals surface area contributed by atoms with Crippen molar-refractivity contribution in [1.29, 1.82) is 0 Å². The number of carbonyl (C=O) groups is 2. The summed E-state index contributed by atoms with van der Waals surface area (Å²) in [5, 5.41) is 2.82. The van der Waals surface area contributed by atoms with Gasteiger partial charge < -0.3 is 25.3 Å². The molecule has 0 aliphatic carbocycles. The van der Waals surface area contributed by atoms with E-state index in [9.17, 15) is 9.59 Å². The lowest BCUT2D eigenvalue weighted by atomic mass is 10.2. The normalized spacial score (nSPS) is 18.9. The summed E-state index contributed by atoms with van der Waals surface area (Å²) in [6, 6.07) is 4.88. The number of cyclic esters (lactones) is 1. The van der Waals surface area contributed by atoms with Crippen LogP contribution in [0.1, 0.15) is 12.0 Å². The van der Waals surface area contributed by atoms with Gasteiger partial charge in [0.15, 0.2) is 11.5 Å². The third-order valence-electron chi connectivity index (χ3n) is 3.78. The summed E-state index contributed by atoms with van der Waals surface area (Å²) in [5.74, 6) is 1.12. The molecule has 8 heteroatoms. The number of hydrogen-bond acceptors (Lipinski definition) is 6. The predicted octanol–water partition coefficient (Wildman–Crippen LogP) is 0.201. The summed E-state index contributed by atoms with van der Waals surface area (Å²) in [6.45, 7) is 1.48. The van der Waals surface area contributed by atoms with E-state index in [-0.39, 0.29) is 19.3 Å². The highest BCUT2D eigenvalue weighted by Crippen LogP contribution is 2.32. The lowest BCUT2D eigenvalue weighted by Crippen LogP contribution is -2.46. The van der Waals surface area contributed by atoms with Gasteiger partial charge in [-0.1, -0.05) is 6.07 Å². The molecule has 1 saturated heterocycles. The number of rotatable bonds is 6. The van der Waals surface area contributed by atoms with Gasteiger partial charge in [-0.2, -0.15) is 0 Å². The predicted molar refractivity (Wildman–Crippen MR) is 79.9 cm³/mol. The smallest absolute Gasteiger partial charge is 0.410 e. The molecule has 124 valence electrons. The summed E-state index contributed by atoms with van der Waals surface area (Å²) in [4.78, 5) is 25.4. The number of amides is 2. The third-order valence-corrected chi connectivity index (χ3v) is 3.78. The molecule has 0 spiro atoms. The molecule has 0 radical (unpaired) electrons. The van der Waals surface area contributed by atoms with Crippen LogP contribution >= 0.6 is 0 Å². The van der Waals surface area contributed by atoms with Gasteiger partial charge in [-0.25, -0.2) is 4.79 Å². The minimum absolute atomic E-state index is 0.0659. The SMILES string of the molecule is NCCCN1C(=O)OC[C@H]1C(=O)NCc1ccc2c(c1)OCO2. The molecule has 2 amide bonds. The molecule has 0 unspecified atom stereocenters. The van der Waals surface area contributed by atoms with Crippen molar-refractivity contribution in [3.05, 3.63) is 23.8 Å². The Morgan fingerprint density at radius 3 is 2.96 bits per heavy atom. The van der Waals surface area contributed by atoms with Gasteiger partial charge in [0.25, 0.3) is 0 Å². The molecule has 2 heterocycles. The number of carbonyl (C=O) groups excluding carboxylic acids is 2. The second-order valence-corrected chi connectivity index (χ2v) is 5.33. The van der Waals surface area contributed by atoms with Crippen LogP contribution < -0.4 is 20.5 Å². The fourth-order valence-electron chi connectivity index (χ4n) is 2.53. The van der Waals surface area contributed by atoms with Crippen LogP contribution in [0.4, 0.5) is 4.79 Å². The zero-order valence-corrected chi connectivity index (χ0v) is 12.6. The lowest BCUT2D eigenvalue weighted by molar-refractivity contribution is -0.125. The summed E-state index contributed by atoms with van der Waals surface area (Å²) in [5.41, 5.74) is 6.34. The molecule has 1 aromatic rings. The first kappa shape index (κ1) is 15.4. The number of ether oxygens (including phenoxy) is 3. The van der Waals surface area contributed by atoms with Crippen molar-refractivity contribution in [2.24, 2.45) is 5.73 Å². The van der Waals surface area contributed by atoms with Gasteiger partial charge in [-0.15, -0.1) is 0 Å². The standard InChI is InChI=1S/C15H19N3O5/c16-4-1-5-18-11(8-21-15(18)20)14(19)17-7-10-2-3-12-13(6-10)23-9-22-12/h2-3,6,11H,1,4-5,7-9,16H2,(H,17,19)/t11-/m0/s1. The van der Waals surface area contributed by atoms with Gasteiger partial charge in [-0.3, -0.25) is 9.69 Å². The Kier molecular flexibility index (Phi) is 4.52. The van der Waals surface area contributed by atoms with Gasteiger partial charge in [-0.05, 0) is 30.7 Å². The fourth-order valence-corrected chi connectivity index (χ4v) is 2.53. The molecule has 23 heavy (non-hydrogen) atoms. The number of hydrogen-bond donors (Lipinski definition) is 2. The minimum atomic E-state index is -0.608. The van der Waals surface area contributed by atoms with Gasteiger partial charge in [0.05, 0.1) is 0 Å². The highest BCUT2D eigenvalue weighted by atomic mass is 16.7. The van der Waals surface area contributed by atoms with Crippen molar-refractivity contribution in [3.63, 3.8) is 0 Å². The number of nitrogens with two attached hydrogens (primary N) is 1. The van der Waals surface area contributed by atoms with Gasteiger partial charge in [0, 0.05) is 13.1 Å². The van der Waals surface area contributed by atoms with Crippen LogP contribution in [-0.4, -0.2) is 49.4 Å². The van der Waals surface area contributed by atoms with Crippen LogP contribution in [-0.2, 0) is 16.1 Å². The third kappa shape index (κ3) is 3.31. The van der Waals surface area contributed by atoms with Crippen LogP contribution in [0.2, 0.25) is 0 Å². The number of nitrogens with one attached hydrogen (secondary N) is 1. The maximum Gasteiger partial charge on any atom is 0.410 e. The average molecular weight is 321 g/mol. The van der Waals surface area contributed by atoms with Crippen molar-refractivity contribution in [1.82, 2.24) is 10.2 Å². The van der Waals surface area contributed by atoms with E-state index in [2.05, 4.69) is 5.32 Å². The molecule has 3 rings (SSSR count). The zero-order valence-electron chi connectivity index (χ0n) is 12.6. The topological polar surface area (TPSA) is 103 Å². The van der Waals surface area contributed by atoms with E-state index in [1.165, 1.54) is 4.90 Å². The number of fused-ring (bicyclic) bond motifs is 1. The monoisotopic (exact) mass is 321 g/mol. The molecule has 0 bridgehead atoms. The fraction of sp³-hybridized carbons (Fsp3) is 0.467. The van der Waals surface area contributed by atoms with E-state index in [0.29, 0.717) is 37.6 Å². The van der Waals surface area contributed by atoms with Gasteiger partial charge in [0.1, 0.15) is 12.6 Å². The molecule has 2 aliphatic rings. The Hall–Kier alpha value is -2.48. The van der Waals surface area contributed by atoms with Crippen LogP contribution in [0.15, 0.2) is 18.2 Å². The maximum atomic E-state index is 12.3. The molecule has 1 aromatic carbocycles. The van der Waals surface area contributed by atoms with Crippen molar-refractivity contribution in [2.45, 2.75) is 19.0 Å². The Bertz CT molecular complexity index is 607. The van der Waals surface area contributed by atoms with E-state index < -0.39 is 12.1 Å². The van der Waals surface area contributed by atoms with Crippen LogP contribution in [0, 0.1) is 0 Å². The largest absolute Gasteiger partial charge is 0.454 e. The van der Waals surface area contributed by atoms with Crippen molar-refractivity contribution in [3.8, 4) is 11.5 Å². The van der Waals surface area contributed by atoms with E-state index in [0.717, 1.165) is 5.56 Å². The second-order valence-electron chi connectivity index (χ2n) is 5.33. The first-order valence-corrected chi connectivity index (χ1v) is 7.48. The van der Waals surface area contributed by atoms with Crippen LogP contribution in [0.3, 0.4) is 0 Å². The molecule has 0 saturated carbocycles. The molecule has 1 atom stereocenters. The first-order valence-electron chi connectivity index (χ1n) is 7.48. The van der Waals surface area contributed by atoms with E-state index in [1.807, 2.05) is 12.1 Å². The van der Waals surface area contributed by atoms with Gasteiger partial charge >= 0.3 is 6.09 Å². The highest BCUT2D eigenvalue weighted by Gasteiger charge is 2.37. The van der Waals surface area contributed by atoms with Crippen molar-refractivity contribution in [2.75, 3.05) is 26.5 Å². The van der Waals surface area contributed by atoms with Crippen molar-refractivity contribution >= 4 is 12.0 Å². The molecule has 1 fully saturated rings. The molecule has 2 aliphatic heterocycles. The Morgan fingerprint density at radius 2 is 2.13 bits per heavy atom. The first-order chi connectivity index (χ1) is 11.2. The molecular weight excluding hydrogens is 302 g/mol.